The van der Waals surface area contributed by atoms with Crippen molar-refractivity contribution in [2.45, 2.75) is 11.6 Å². The fourth-order valence-corrected chi connectivity index (χ4v) is 2.98. The molecule has 1 atom stereocenters. The second kappa shape index (κ2) is 6.99. The number of hydrogen-bond acceptors (Lipinski definition) is 3. The van der Waals surface area contributed by atoms with E-state index in [1.54, 1.807) is 24.3 Å². The van der Waals surface area contributed by atoms with Crippen LogP contribution in [0.1, 0.15) is 5.56 Å². The Morgan fingerprint density at radius 3 is 2.35 bits per heavy atom. The number of carbonyl (C=O) groups excluding carboxylic acids is 2. The molecule has 0 spiro atoms. The Kier molecular flexibility index (Phi) is 5.07. The van der Waals surface area contributed by atoms with E-state index in [0.717, 1.165) is 20.6 Å². The molecule has 3 rings (SSSR count). The Labute approximate surface area is 164 Å². The maximum atomic E-state index is 12.8. The van der Waals surface area contributed by atoms with E-state index in [1.807, 2.05) is 0 Å². The summed E-state index contributed by atoms with van der Waals surface area (Å²) in [6.07, 6.45) is -4.54. The van der Waals surface area contributed by atoms with Crippen molar-refractivity contribution in [2.24, 2.45) is 4.99 Å². The van der Waals surface area contributed by atoms with Gasteiger partial charge in [-0.25, -0.2) is 9.89 Å². The summed E-state index contributed by atoms with van der Waals surface area (Å²) in [4.78, 5) is 29.7. The predicted molar refractivity (Wildman–Crippen MR) is 99.8 cm³/mol. The molecule has 2 aromatic rings. The largest absolute Gasteiger partial charge is 0.416 e. The molecule has 0 aliphatic carbocycles. The van der Waals surface area contributed by atoms with Crippen LogP contribution in [0.25, 0.3) is 0 Å². The fraction of sp³-hybridized carbons (Fsp3) is 0.118. The van der Waals surface area contributed by atoms with Crippen molar-refractivity contribution in [1.82, 2.24) is 0 Å². The summed E-state index contributed by atoms with van der Waals surface area (Å²) in [5.41, 5.74) is -1.00. The van der Waals surface area contributed by atoms with Gasteiger partial charge in [0, 0.05) is 3.57 Å². The van der Waals surface area contributed by atoms with Crippen LogP contribution in [-0.4, -0.2) is 22.9 Å². The van der Waals surface area contributed by atoms with Crippen molar-refractivity contribution < 1.29 is 22.8 Å². The lowest BCUT2D eigenvalue weighted by Crippen LogP contribution is -2.31. The van der Waals surface area contributed by atoms with Crippen molar-refractivity contribution in [2.75, 3.05) is 4.90 Å². The monoisotopic (exact) mass is 492 g/mol. The third kappa shape index (κ3) is 3.61. The zero-order chi connectivity index (χ0) is 19.1. The number of carbonyl (C=O) groups is 2. The predicted octanol–water partition coefficient (Wildman–Crippen LogP) is 4.56. The number of amides is 2. The number of anilines is 1. The minimum absolute atomic E-state index is 0.105. The van der Waals surface area contributed by atoms with E-state index in [9.17, 15) is 22.8 Å². The molecular formula is C17H9ClF3IN2O2. The SMILES string of the molecule is O=C1C(=Nc2cccc(C(F)(F)F)c2)C(Cl)C(=O)N1c1ccc(I)cc1. The minimum atomic E-state index is -4.54. The van der Waals surface area contributed by atoms with Crippen LogP contribution in [0.2, 0.25) is 0 Å². The molecular weight excluding hydrogens is 484 g/mol. The molecule has 2 aromatic carbocycles. The smallest absolute Gasteiger partial charge is 0.272 e. The van der Waals surface area contributed by atoms with Gasteiger partial charge < -0.3 is 0 Å². The molecule has 0 aromatic heterocycles. The standard InChI is InChI=1S/C17H9ClF3IN2O2/c18-13-14(23-11-3-1-2-9(8-11)17(19,20)21)16(26)24(15(13)25)12-6-4-10(22)5-7-12/h1-8,13H. The first-order chi connectivity index (χ1) is 12.2. The third-order valence-electron chi connectivity index (χ3n) is 3.61. The first-order valence-corrected chi connectivity index (χ1v) is 8.74. The van der Waals surface area contributed by atoms with E-state index in [-0.39, 0.29) is 11.4 Å². The maximum Gasteiger partial charge on any atom is 0.416 e. The Balaban J connectivity index is 1.98. The summed E-state index contributed by atoms with van der Waals surface area (Å²) in [7, 11) is 0. The Morgan fingerprint density at radius 1 is 1.08 bits per heavy atom. The summed E-state index contributed by atoms with van der Waals surface area (Å²) in [5.74, 6) is -1.45. The molecule has 1 fully saturated rings. The molecule has 0 radical (unpaired) electrons. The average molecular weight is 493 g/mol. The van der Waals surface area contributed by atoms with Gasteiger partial charge in [-0.05, 0) is 65.1 Å². The van der Waals surface area contributed by atoms with Crippen LogP contribution in [0.5, 0.6) is 0 Å². The minimum Gasteiger partial charge on any atom is -0.272 e. The average Bonchev–Trinajstić information content (AvgIpc) is 2.79. The van der Waals surface area contributed by atoms with E-state index in [2.05, 4.69) is 27.6 Å². The number of halogens is 5. The fourth-order valence-electron chi connectivity index (χ4n) is 2.38. The van der Waals surface area contributed by atoms with Gasteiger partial charge in [-0.15, -0.1) is 11.6 Å². The highest BCUT2D eigenvalue weighted by Gasteiger charge is 2.44. The van der Waals surface area contributed by atoms with Gasteiger partial charge in [-0.3, -0.25) is 9.59 Å². The van der Waals surface area contributed by atoms with Crippen molar-refractivity contribution in [3.8, 4) is 0 Å². The van der Waals surface area contributed by atoms with E-state index in [0.29, 0.717) is 5.69 Å². The highest BCUT2D eigenvalue weighted by atomic mass is 127. The molecule has 1 aliphatic rings. The molecule has 4 nitrogen and oxygen atoms in total. The van der Waals surface area contributed by atoms with Crippen LogP contribution in [0.4, 0.5) is 24.5 Å². The first-order valence-electron chi connectivity index (χ1n) is 7.22. The van der Waals surface area contributed by atoms with Gasteiger partial charge in [0.25, 0.3) is 11.8 Å². The number of rotatable bonds is 2. The number of aliphatic imine (C=N–C) groups is 1. The van der Waals surface area contributed by atoms with Gasteiger partial charge in [0.1, 0.15) is 5.71 Å². The highest BCUT2D eigenvalue weighted by Crippen LogP contribution is 2.32. The van der Waals surface area contributed by atoms with E-state index < -0.39 is 28.9 Å². The van der Waals surface area contributed by atoms with Crippen LogP contribution in [0.3, 0.4) is 0 Å². The molecule has 1 heterocycles. The van der Waals surface area contributed by atoms with Gasteiger partial charge in [0.05, 0.1) is 16.9 Å². The molecule has 1 saturated heterocycles. The molecule has 134 valence electrons. The quantitative estimate of drug-likeness (QED) is 0.351. The second-order valence-corrected chi connectivity index (χ2v) is 7.04. The van der Waals surface area contributed by atoms with Crippen molar-refractivity contribution >= 4 is 63.1 Å². The molecule has 1 aliphatic heterocycles. The molecule has 26 heavy (non-hydrogen) atoms. The zero-order valence-electron chi connectivity index (χ0n) is 12.8. The van der Waals surface area contributed by atoms with Crippen LogP contribution in [0, 0.1) is 3.57 Å². The third-order valence-corrected chi connectivity index (χ3v) is 4.72. The molecule has 0 bridgehead atoms. The van der Waals surface area contributed by atoms with Crippen LogP contribution in [-0.2, 0) is 15.8 Å². The summed E-state index contributed by atoms with van der Waals surface area (Å²) in [6, 6.07) is 10.7. The van der Waals surface area contributed by atoms with Crippen molar-refractivity contribution in [1.29, 1.82) is 0 Å². The normalized spacial score (nSPS) is 19.5. The molecule has 9 heteroatoms. The van der Waals surface area contributed by atoms with Gasteiger partial charge in [-0.1, -0.05) is 6.07 Å². The number of imide groups is 1. The van der Waals surface area contributed by atoms with E-state index in [1.165, 1.54) is 12.1 Å². The van der Waals surface area contributed by atoms with Crippen molar-refractivity contribution in [3.63, 3.8) is 0 Å². The van der Waals surface area contributed by atoms with Gasteiger partial charge >= 0.3 is 6.18 Å². The Morgan fingerprint density at radius 2 is 1.73 bits per heavy atom. The maximum absolute atomic E-state index is 12.8. The van der Waals surface area contributed by atoms with Crippen LogP contribution >= 0.6 is 34.2 Å². The lowest BCUT2D eigenvalue weighted by Gasteiger charge is -2.13. The Hall–Kier alpha value is -1.94. The van der Waals surface area contributed by atoms with Crippen molar-refractivity contribution in [3.05, 3.63) is 57.7 Å². The molecule has 2 amide bonds. The van der Waals surface area contributed by atoms with Gasteiger partial charge in [0.15, 0.2) is 5.38 Å². The van der Waals surface area contributed by atoms with Crippen LogP contribution in [0.15, 0.2) is 53.5 Å². The van der Waals surface area contributed by atoms with Gasteiger partial charge in [0.2, 0.25) is 0 Å². The molecule has 0 N–H and O–H groups in total. The summed E-state index contributed by atoms with van der Waals surface area (Å²) >= 11 is 8.09. The zero-order valence-corrected chi connectivity index (χ0v) is 15.7. The number of nitrogens with zero attached hydrogens (tertiary/aromatic N) is 2. The summed E-state index contributed by atoms with van der Waals surface area (Å²) in [5, 5.41) is -1.36. The Bertz CT molecular complexity index is 913. The second-order valence-electron chi connectivity index (χ2n) is 5.36. The van der Waals surface area contributed by atoms with Crippen LogP contribution < -0.4 is 4.90 Å². The number of alkyl halides is 4. The van der Waals surface area contributed by atoms with E-state index >= 15 is 0 Å². The number of hydrogen-bond donors (Lipinski definition) is 0. The lowest BCUT2D eigenvalue weighted by molar-refractivity contribution is -0.137. The highest BCUT2D eigenvalue weighted by molar-refractivity contribution is 14.1. The van der Waals surface area contributed by atoms with E-state index in [4.69, 9.17) is 11.6 Å². The number of benzene rings is 2. The molecule has 0 saturated carbocycles. The summed E-state index contributed by atoms with van der Waals surface area (Å²) in [6.45, 7) is 0. The van der Waals surface area contributed by atoms with Gasteiger partial charge in [-0.2, -0.15) is 13.2 Å². The summed E-state index contributed by atoms with van der Waals surface area (Å²) < 4.78 is 39.3. The topological polar surface area (TPSA) is 49.7 Å². The molecule has 1 unspecified atom stereocenters. The first kappa shape index (κ1) is 18.8. The lowest BCUT2D eigenvalue weighted by atomic mass is 10.2.